The predicted molar refractivity (Wildman–Crippen MR) is 70.3 cm³/mol. The minimum absolute atomic E-state index is 0.450. The molecule has 94 valence electrons. The van der Waals surface area contributed by atoms with Crippen LogP contribution in [-0.2, 0) is 0 Å². The average Bonchev–Trinajstić information content (AvgIpc) is 2.38. The standard InChI is InChI=1S/C13H22N4/c1-10(2)12-7-13(17-9-16-12)15-8-11-5-3-4-6-14-11/h7,9-11,14H,3-6,8H2,1-2H3,(H,15,16,17). The van der Waals surface area contributed by atoms with Gasteiger partial charge in [0.1, 0.15) is 12.1 Å². The summed E-state index contributed by atoms with van der Waals surface area (Å²) in [7, 11) is 0. The average molecular weight is 234 g/mol. The van der Waals surface area contributed by atoms with Gasteiger partial charge in [0.05, 0.1) is 0 Å². The van der Waals surface area contributed by atoms with Crippen LogP contribution in [0.2, 0.25) is 0 Å². The van der Waals surface area contributed by atoms with Crippen LogP contribution in [0.3, 0.4) is 0 Å². The topological polar surface area (TPSA) is 49.8 Å². The summed E-state index contributed by atoms with van der Waals surface area (Å²) in [5.41, 5.74) is 1.10. The largest absolute Gasteiger partial charge is 0.368 e. The quantitative estimate of drug-likeness (QED) is 0.838. The van der Waals surface area contributed by atoms with Gasteiger partial charge in [-0.15, -0.1) is 0 Å². The molecule has 1 atom stereocenters. The van der Waals surface area contributed by atoms with Crippen molar-refractivity contribution in [3.8, 4) is 0 Å². The van der Waals surface area contributed by atoms with E-state index in [9.17, 15) is 0 Å². The number of nitrogens with zero attached hydrogens (tertiary/aromatic N) is 2. The van der Waals surface area contributed by atoms with Gasteiger partial charge in [-0.2, -0.15) is 0 Å². The Morgan fingerprint density at radius 3 is 3.00 bits per heavy atom. The predicted octanol–water partition coefficient (Wildman–Crippen LogP) is 2.15. The molecule has 0 bridgehead atoms. The molecule has 1 aliphatic heterocycles. The number of nitrogens with one attached hydrogen (secondary N) is 2. The maximum absolute atomic E-state index is 4.27. The second-order valence-corrected chi connectivity index (χ2v) is 5.01. The zero-order valence-corrected chi connectivity index (χ0v) is 10.7. The molecule has 1 aromatic rings. The van der Waals surface area contributed by atoms with E-state index in [4.69, 9.17) is 0 Å². The SMILES string of the molecule is CC(C)c1cc(NCC2CCCCN2)ncn1. The van der Waals surface area contributed by atoms with Gasteiger partial charge < -0.3 is 10.6 Å². The molecule has 0 spiro atoms. The number of aromatic nitrogens is 2. The first-order valence-corrected chi connectivity index (χ1v) is 6.55. The number of hydrogen-bond acceptors (Lipinski definition) is 4. The van der Waals surface area contributed by atoms with Crippen LogP contribution in [0, 0.1) is 0 Å². The summed E-state index contributed by atoms with van der Waals surface area (Å²) in [6, 6.07) is 2.63. The van der Waals surface area contributed by atoms with E-state index in [1.807, 2.05) is 6.07 Å². The Balaban J connectivity index is 1.87. The summed E-state index contributed by atoms with van der Waals surface area (Å²) >= 11 is 0. The molecular weight excluding hydrogens is 212 g/mol. The van der Waals surface area contributed by atoms with E-state index >= 15 is 0 Å². The first kappa shape index (κ1) is 12.3. The van der Waals surface area contributed by atoms with Crippen LogP contribution in [0.25, 0.3) is 0 Å². The lowest BCUT2D eigenvalue weighted by Crippen LogP contribution is -2.39. The van der Waals surface area contributed by atoms with E-state index in [-0.39, 0.29) is 0 Å². The molecular formula is C13H22N4. The summed E-state index contributed by atoms with van der Waals surface area (Å²) in [5.74, 6) is 1.39. The lowest BCUT2D eigenvalue weighted by molar-refractivity contribution is 0.414. The zero-order chi connectivity index (χ0) is 12.1. The van der Waals surface area contributed by atoms with Crippen LogP contribution < -0.4 is 10.6 Å². The summed E-state index contributed by atoms with van der Waals surface area (Å²) in [5, 5.41) is 6.92. The number of hydrogen-bond donors (Lipinski definition) is 2. The van der Waals surface area contributed by atoms with E-state index in [0.717, 1.165) is 24.6 Å². The third-order valence-electron chi connectivity index (χ3n) is 3.22. The third kappa shape index (κ3) is 3.66. The fraction of sp³-hybridized carbons (Fsp3) is 0.692. The van der Waals surface area contributed by atoms with Crippen LogP contribution in [0.4, 0.5) is 5.82 Å². The van der Waals surface area contributed by atoms with Crippen LogP contribution in [0.5, 0.6) is 0 Å². The van der Waals surface area contributed by atoms with Crippen LogP contribution in [0.15, 0.2) is 12.4 Å². The molecule has 0 aromatic carbocycles. The normalized spacial score (nSPS) is 20.5. The minimum atomic E-state index is 0.450. The zero-order valence-electron chi connectivity index (χ0n) is 10.7. The Morgan fingerprint density at radius 2 is 2.29 bits per heavy atom. The van der Waals surface area contributed by atoms with E-state index in [1.54, 1.807) is 6.33 Å². The van der Waals surface area contributed by atoms with Gasteiger partial charge in [-0.3, -0.25) is 0 Å². The van der Waals surface area contributed by atoms with Crippen LogP contribution in [-0.4, -0.2) is 29.1 Å². The summed E-state index contributed by atoms with van der Waals surface area (Å²) in [6.45, 7) is 6.39. The molecule has 1 fully saturated rings. The van der Waals surface area contributed by atoms with Gasteiger partial charge in [-0.1, -0.05) is 20.3 Å². The van der Waals surface area contributed by atoms with E-state index in [2.05, 4.69) is 34.4 Å². The highest BCUT2D eigenvalue weighted by Gasteiger charge is 2.12. The summed E-state index contributed by atoms with van der Waals surface area (Å²) in [6.07, 6.45) is 5.54. The molecule has 0 aliphatic carbocycles. The monoisotopic (exact) mass is 234 g/mol. The highest BCUT2D eigenvalue weighted by molar-refractivity contribution is 5.35. The van der Waals surface area contributed by atoms with E-state index in [1.165, 1.54) is 19.3 Å². The molecule has 0 amide bonds. The summed E-state index contributed by atoms with van der Waals surface area (Å²) in [4.78, 5) is 8.52. The highest BCUT2D eigenvalue weighted by Crippen LogP contribution is 2.14. The van der Waals surface area contributed by atoms with Crippen molar-refractivity contribution in [3.63, 3.8) is 0 Å². The molecule has 1 saturated heterocycles. The fourth-order valence-electron chi connectivity index (χ4n) is 2.11. The molecule has 0 saturated carbocycles. The molecule has 1 aromatic heterocycles. The van der Waals surface area contributed by atoms with Crippen molar-refractivity contribution in [2.45, 2.75) is 45.1 Å². The Bertz CT molecular complexity index is 345. The second kappa shape index (κ2) is 5.96. The van der Waals surface area contributed by atoms with Crippen LogP contribution in [0.1, 0.15) is 44.7 Å². The molecule has 1 unspecified atom stereocenters. The first-order valence-electron chi connectivity index (χ1n) is 6.55. The number of anilines is 1. The first-order chi connectivity index (χ1) is 8.25. The van der Waals surface area contributed by atoms with Gasteiger partial charge in [-0.05, 0) is 25.3 Å². The smallest absolute Gasteiger partial charge is 0.129 e. The van der Waals surface area contributed by atoms with Gasteiger partial charge in [0.15, 0.2) is 0 Å². The Morgan fingerprint density at radius 1 is 1.41 bits per heavy atom. The van der Waals surface area contributed by atoms with Gasteiger partial charge in [0.25, 0.3) is 0 Å². The maximum Gasteiger partial charge on any atom is 0.129 e. The molecule has 17 heavy (non-hydrogen) atoms. The fourth-order valence-corrected chi connectivity index (χ4v) is 2.11. The Kier molecular flexibility index (Phi) is 4.31. The lowest BCUT2D eigenvalue weighted by Gasteiger charge is -2.23. The van der Waals surface area contributed by atoms with Gasteiger partial charge in [0.2, 0.25) is 0 Å². The summed E-state index contributed by atoms with van der Waals surface area (Å²) < 4.78 is 0. The van der Waals surface area contributed by atoms with Crippen molar-refractivity contribution in [1.82, 2.24) is 15.3 Å². The molecule has 0 radical (unpaired) electrons. The van der Waals surface area contributed by atoms with Crippen molar-refractivity contribution in [2.24, 2.45) is 0 Å². The van der Waals surface area contributed by atoms with Gasteiger partial charge >= 0.3 is 0 Å². The van der Waals surface area contributed by atoms with Crippen molar-refractivity contribution < 1.29 is 0 Å². The highest BCUT2D eigenvalue weighted by atomic mass is 15.0. The van der Waals surface area contributed by atoms with E-state index in [0.29, 0.717) is 12.0 Å². The number of rotatable bonds is 4. The molecule has 4 nitrogen and oxygen atoms in total. The van der Waals surface area contributed by atoms with Gasteiger partial charge in [-0.25, -0.2) is 9.97 Å². The second-order valence-electron chi connectivity index (χ2n) is 5.01. The number of piperidine rings is 1. The van der Waals surface area contributed by atoms with Gasteiger partial charge in [0, 0.05) is 24.3 Å². The molecule has 2 heterocycles. The van der Waals surface area contributed by atoms with Crippen molar-refractivity contribution in [2.75, 3.05) is 18.4 Å². The Hall–Kier alpha value is -1.16. The van der Waals surface area contributed by atoms with Crippen molar-refractivity contribution >= 4 is 5.82 Å². The Labute approximate surface area is 103 Å². The molecule has 2 rings (SSSR count). The minimum Gasteiger partial charge on any atom is -0.368 e. The molecule has 2 N–H and O–H groups in total. The maximum atomic E-state index is 4.27. The molecule has 4 heteroatoms. The third-order valence-corrected chi connectivity index (χ3v) is 3.22. The lowest BCUT2D eigenvalue weighted by atomic mass is 10.1. The van der Waals surface area contributed by atoms with E-state index < -0.39 is 0 Å². The van der Waals surface area contributed by atoms with Crippen molar-refractivity contribution in [3.05, 3.63) is 18.1 Å². The molecule has 1 aliphatic rings. The van der Waals surface area contributed by atoms with Crippen molar-refractivity contribution in [1.29, 1.82) is 0 Å². The van der Waals surface area contributed by atoms with Crippen LogP contribution >= 0.6 is 0 Å².